The van der Waals surface area contributed by atoms with Gasteiger partial charge in [0.15, 0.2) is 5.96 Å². The number of nitrogens with one attached hydrogen (secondary N) is 2. The van der Waals surface area contributed by atoms with Crippen molar-refractivity contribution in [3.63, 3.8) is 0 Å². The Morgan fingerprint density at radius 2 is 1.88 bits per heavy atom. The summed E-state index contributed by atoms with van der Waals surface area (Å²) in [5, 5.41) is 6.25. The number of guanidine groups is 1. The van der Waals surface area contributed by atoms with Gasteiger partial charge in [-0.1, -0.05) is 24.3 Å². The molecule has 0 radical (unpaired) electrons. The van der Waals surface area contributed by atoms with Gasteiger partial charge in [0, 0.05) is 26.7 Å². The number of hydrogen-bond acceptors (Lipinski definition) is 4. The summed E-state index contributed by atoms with van der Waals surface area (Å²) in [5.41, 5.74) is 0.768. The molecule has 0 spiro atoms. The molecule has 2 aliphatic carbocycles. The third-order valence-electron chi connectivity index (χ3n) is 6.22. The molecule has 32 heavy (non-hydrogen) atoms. The van der Waals surface area contributed by atoms with Crippen molar-refractivity contribution >= 4 is 41.8 Å². The second kappa shape index (κ2) is 10.6. The number of alkyl halides is 2. The van der Waals surface area contributed by atoms with E-state index < -0.39 is 6.61 Å². The Labute approximate surface area is 202 Å². The molecule has 4 unspecified atom stereocenters. The summed E-state index contributed by atoms with van der Waals surface area (Å²) < 4.78 is 29.1. The highest BCUT2D eigenvalue weighted by atomic mass is 127. The Hall–Kier alpha value is -2.24. The molecule has 3 aliphatic rings. The molecule has 1 saturated heterocycles. The van der Waals surface area contributed by atoms with Crippen LogP contribution in [0.5, 0.6) is 5.75 Å². The molecule has 2 fully saturated rings. The van der Waals surface area contributed by atoms with E-state index in [2.05, 4.69) is 32.5 Å². The van der Waals surface area contributed by atoms with Crippen molar-refractivity contribution in [1.82, 2.24) is 15.5 Å². The van der Waals surface area contributed by atoms with Crippen molar-refractivity contribution in [1.29, 1.82) is 0 Å². The van der Waals surface area contributed by atoms with Gasteiger partial charge in [0.1, 0.15) is 5.75 Å². The lowest BCUT2D eigenvalue weighted by molar-refractivity contribution is -0.140. The first kappa shape index (κ1) is 24.4. The molecule has 1 aliphatic heterocycles. The Morgan fingerprint density at radius 3 is 2.50 bits per heavy atom. The van der Waals surface area contributed by atoms with Crippen LogP contribution in [0.15, 0.2) is 41.4 Å². The van der Waals surface area contributed by atoms with E-state index in [1.54, 1.807) is 19.2 Å². The lowest BCUT2D eigenvalue weighted by atomic mass is 9.85. The van der Waals surface area contributed by atoms with Crippen LogP contribution in [0.4, 0.5) is 8.78 Å². The molecule has 0 aromatic heterocycles. The standard InChI is InChI=1S/C22H26F2N4O3.HI/c1-25-22(27-12-13-4-2-5-16(10-13)31-21(23)24)26-8-3-9-28-19(29)17-14-6-7-15(11-14)18(17)20(28)30;/h2,4-7,10,14-15,17-18,21H,3,8-9,11-12H2,1H3,(H2,25,26,27);1H. The van der Waals surface area contributed by atoms with Crippen LogP contribution in [0.1, 0.15) is 18.4 Å². The molecular formula is C22H27F2IN4O3. The number of aliphatic imine (C=N–C) groups is 1. The third-order valence-corrected chi connectivity index (χ3v) is 6.22. The first-order valence-corrected chi connectivity index (χ1v) is 10.5. The average Bonchev–Trinajstić information content (AvgIpc) is 3.42. The number of carbonyl (C=O) groups is 2. The van der Waals surface area contributed by atoms with Crippen LogP contribution in [0.25, 0.3) is 0 Å². The lowest BCUT2D eigenvalue weighted by Gasteiger charge is -2.18. The van der Waals surface area contributed by atoms with Gasteiger partial charge in [-0.2, -0.15) is 8.78 Å². The highest BCUT2D eigenvalue weighted by molar-refractivity contribution is 14.0. The normalized spacial score (nSPS) is 25.9. The minimum Gasteiger partial charge on any atom is -0.435 e. The molecule has 2 bridgehead atoms. The molecular weight excluding hydrogens is 533 g/mol. The number of imide groups is 1. The minimum absolute atomic E-state index is 0. The summed E-state index contributed by atoms with van der Waals surface area (Å²) in [7, 11) is 1.63. The van der Waals surface area contributed by atoms with Crippen molar-refractivity contribution in [3.8, 4) is 5.75 Å². The highest BCUT2D eigenvalue weighted by Gasteiger charge is 2.58. The second-order valence-corrected chi connectivity index (χ2v) is 8.06. The van der Waals surface area contributed by atoms with Gasteiger partial charge in [-0.15, -0.1) is 24.0 Å². The number of carbonyl (C=O) groups excluding carboxylic acids is 2. The zero-order chi connectivity index (χ0) is 22.0. The van der Waals surface area contributed by atoms with Crippen molar-refractivity contribution in [2.45, 2.75) is 26.0 Å². The number of nitrogens with zero attached hydrogens (tertiary/aromatic N) is 2. The van der Waals surface area contributed by atoms with Crippen LogP contribution < -0.4 is 15.4 Å². The quantitative estimate of drug-likeness (QED) is 0.128. The zero-order valence-corrected chi connectivity index (χ0v) is 20.0. The number of amides is 2. The summed E-state index contributed by atoms with van der Waals surface area (Å²) in [4.78, 5) is 30.9. The Morgan fingerprint density at radius 1 is 1.19 bits per heavy atom. The van der Waals surface area contributed by atoms with E-state index in [1.165, 1.54) is 17.0 Å². The number of benzene rings is 1. The summed E-state index contributed by atoms with van der Waals surface area (Å²) in [5.74, 6) is 0.721. The minimum atomic E-state index is -2.86. The number of hydrogen-bond donors (Lipinski definition) is 2. The predicted molar refractivity (Wildman–Crippen MR) is 126 cm³/mol. The average molecular weight is 560 g/mol. The Kier molecular flexibility index (Phi) is 8.07. The Bertz CT molecular complexity index is 881. The maximum Gasteiger partial charge on any atom is 0.387 e. The number of allylic oxidation sites excluding steroid dienone is 2. The van der Waals surface area contributed by atoms with Crippen LogP contribution in [0.2, 0.25) is 0 Å². The van der Waals surface area contributed by atoms with Crippen molar-refractivity contribution < 1.29 is 23.1 Å². The van der Waals surface area contributed by atoms with Gasteiger partial charge in [0.05, 0.1) is 11.8 Å². The number of rotatable bonds is 8. The zero-order valence-electron chi connectivity index (χ0n) is 17.7. The maximum absolute atomic E-state index is 12.7. The summed E-state index contributed by atoms with van der Waals surface area (Å²) >= 11 is 0. The van der Waals surface area contributed by atoms with Crippen LogP contribution in [-0.2, 0) is 16.1 Å². The van der Waals surface area contributed by atoms with Gasteiger partial charge in [-0.3, -0.25) is 19.5 Å². The fraction of sp³-hybridized carbons (Fsp3) is 0.500. The van der Waals surface area contributed by atoms with Gasteiger partial charge in [-0.25, -0.2) is 0 Å². The van der Waals surface area contributed by atoms with Crippen LogP contribution in [-0.4, -0.2) is 49.4 Å². The molecule has 2 amide bonds. The fourth-order valence-corrected chi connectivity index (χ4v) is 4.87. The number of likely N-dealkylation sites (tertiary alicyclic amines) is 1. The molecule has 1 aromatic rings. The lowest BCUT2D eigenvalue weighted by Crippen LogP contribution is -2.39. The second-order valence-electron chi connectivity index (χ2n) is 8.06. The molecule has 174 valence electrons. The molecule has 10 heteroatoms. The van der Waals surface area contributed by atoms with Crippen LogP contribution >= 0.6 is 24.0 Å². The first-order chi connectivity index (χ1) is 15.0. The number of ether oxygens (including phenoxy) is 1. The smallest absolute Gasteiger partial charge is 0.387 e. The summed E-state index contributed by atoms with van der Waals surface area (Å²) in [6.07, 6.45) is 5.72. The highest BCUT2D eigenvalue weighted by Crippen LogP contribution is 2.52. The van der Waals surface area contributed by atoms with E-state index >= 15 is 0 Å². The van der Waals surface area contributed by atoms with Crippen molar-refractivity contribution in [2.24, 2.45) is 28.7 Å². The molecule has 4 atom stereocenters. The maximum atomic E-state index is 12.7. The number of fused-ring (bicyclic) bond motifs is 5. The molecule has 1 saturated carbocycles. The van der Waals surface area contributed by atoms with Crippen molar-refractivity contribution in [3.05, 3.63) is 42.0 Å². The van der Waals surface area contributed by atoms with Gasteiger partial charge in [0.2, 0.25) is 11.8 Å². The predicted octanol–water partition coefficient (Wildman–Crippen LogP) is 2.77. The van der Waals surface area contributed by atoms with Gasteiger partial charge < -0.3 is 15.4 Å². The van der Waals surface area contributed by atoms with Gasteiger partial charge in [0.25, 0.3) is 0 Å². The van der Waals surface area contributed by atoms with E-state index in [0.29, 0.717) is 32.0 Å². The van der Waals surface area contributed by atoms with Gasteiger partial charge in [-0.05, 0) is 42.4 Å². The molecule has 7 nitrogen and oxygen atoms in total. The topological polar surface area (TPSA) is 83.0 Å². The van der Waals surface area contributed by atoms with Crippen LogP contribution in [0, 0.1) is 23.7 Å². The van der Waals surface area contributed by atoms with Crippen molar-refractivity contribution in [2.75, 3.05) is 20.1 Å². The van der Waals surface area contributed by atoms with E-state index in [0.717, 1.165) is 12.0 Å². The van der Waals surface area contributed by atoms with E-state index in [4.69, 9.17) is 0 Å². The number of halogens is 3. The largest absolute Gasteiger partial charge is 0.435 e. The SMILES string of the molecule is CN=C(NCCCN1C(=O)C2C3C=CC(C3)C2C1=O)NCc1cccc(OC(F)F)c1.I. The van der Waals surface area contributed by atoms with E-state index in [-0.39, 0.29) is 65.2 Å². The van der Waals surface area contributed by atoms with Crippen LogP contribution in [0.3, 0.4) is 0 Å². The van der Waals surface area contributed by atoms with E-state index in [9.17, 15) is 18.4 Å². The third kappa shape index (κ3) is 5.05. The first-order valence-electron chi connectivity index (χ1n) is 10.5. The summed E-state index contributed by atoms with van der Waals surface area (Å²) in [6, 6.07) is 6.45. The van der Waals surface area contributed by atoms with Gasteiger partial charge >= 0.3 is 6.61 Å². The molecule has 4 rings (SSSR count). The fourth-order valence-electron chi connectivity index (χ4n) is 4.87. The summed E-state index contributed by atoms with van der Waals surface area (Å²) in [6.45, 7) is -1.56. The molecule has 2 N–H and O–H groups in total. The van der Waals surface area contributed by atoms with E-state index in [1.807, 2.05) is 0 Å². The Balaban J connectivity index is 0.00000289. The monoisotopic (exact) mass is 560 g/mol. The molecule has 1 aromatic carbocycles. The molecule has 1 heterocycles.